The van der Waals surface area contributed by atoms with Crippen LogP contribution in [0.15, 0.2) is 72.8 Å². The lowest BCUT2D eigenvalue weighted by Gasteiger charge is -2.11. The van der Waals surface area contributed by atoms with Gasteiger partial charge in [-0.1, -0.05) is 30.3 Å². The molecule has 200 valence electrons. The number of benzene rings is 3. The van der Waals surface area contributed by atoms with Crippen LogP contribution >= 0.6 is 0 Å². The number of carbonyl (C=O) groups is 4. The molecule has 10 heteroatoms. The summed E-state index contributed by atoms with van der Waals surface area (Å²) in [7, 11) is 0. The van der Waals surface area contributed by atoms with Crippen LogP contribution in [-0.2, 0) is 4.79 Å². The van der Waals surface area contributed by atoms with E-state index in [9.17, 15) is 24.3 Å². The van der Waals surface area contributed by atoms with E-state index in [-0.39, 0.29) is 17.4 Å². The number of amides is 4. The van der Waals surface area contributed by atoms with E-state index in [1.54, 1.807) is 86.7 Å². The number of aryl methyl sites for hydroxylation is 1. The number of aromatic carboxylic acids is 1. The molecule has 3 aromatic carbocycles. The molecule has 1 aliphatic rings. The van der Waals surface area contributed by atoms with Gasteiger partial charge >= 0.3 is 12.0 Å². The first kappa shape index (κ1) is 26.0. The Bertz CT molecular complexity index is 1700. The van der Waals surface area contributed by atoms with E-state index in [0.29, 0.717) is 56.4 Å². The first-order valence-corrected chi connectivity index (χ1v) is 12.3. The van der Waals surface area contributed by atoms with Crippen molar-refractivity contribution in [1.29, 1.82) is 0 Å². The number of carbonyl (C=O) groups excluding carboxylic acids is 3. The number of aromatic nitrogens is 1. The molecule has 0 aliphatic carbocycles. The third-order valence-electron chi connectivity index (χ3n) is 6.45. The fourth-order valence-corrected chi connectivity index (χ4v) is 4.56. The topological polar surface area (TPSA) is 152 Å². The molecule has 0 spiro atoms. The Morgan fingerprint density at radius 3 is 2.17 bits per heavy atom. The predicted molar refractivity (Wildman–Crippen MR) is 154 cm³/mol. The highest BCUT2D eigenvalue weighted by molar-refractivity contribution is 6.35. The zero-order chi connectivity index (χ0) is 28.4. The maximum absolute atomic E-state index is 12.7. The molecule has 5 rings (SSSR count). The lowest BCUT2D eigenvalue weighted by atomic mass is 10.0. The molecular weight excluding hydrogens is 510 g/mol. The van der Waals surface area contributed by atoms with Crippen molar-refractivity contribution in [2.24, 2.45) is 0 Å². The van der Waals surface area contributed by atoms with Gasteiger partial charge in [-0.05, 0) is 68.0 Å². The van der Waals surface area contributed by atoms with Crippen molar-refractivity contribution in [2.75, 3.05) is 21.3 Å². The van der Waals surface area contributed by atoms with E-state index in [0.717, 1.165) is 0 Å². The lowest BCUT2D eigenvalue weighted by molar-refractivity contribution is -0.110. The van der Waals surface area contributed by atoms with Crippen molar-refractivity contribution in [3.63, 3.8) is 0 Å². The van der Waals surface area contributed by atoms with Crippen LogP contribution in [0.1, 0.15) is 43.2 Å². The molecule has 0 atom stereocenters. The molecule has 4 amide bonds. The molecule has 10 nitrogen and oxygen atoms in total. The highest BCUT2D eigenvalue weighted by Gasteiger charge is 2.26. The number of fused-ring (bicyclic) bond motifs is 1. The van der Waals surface area contributed by atoms with Crippen molar-refractivity contribution >= 4 is 58.2 Å². The van der Waals surface area contributed by atoms with Crippen LogP contribution in [0.5, 0.6) is 0 Å². The number of urea groups is 1. The van der Waals surface area contributed by atoms with Gasteiger partial charge in [0.1, 0.15) is 0 Å². The first-order chi connectivity index (χ1) is 19.2. The number of carboxylic acid groups (broad SMARTS) is 1. The van der Waals surface area contributed by atoms with Gasteiger partial charge in [-0.15, -0.1) is 0 Å². The number of anilines is 4. The number of rotatable bonds is 6. The quantitative estimate of drug-likeness (QED) is 0.174. The number of H-pyrrole nitrogens is 1. The average molecular weight is 536 g/mol. The molecule has 6 N–H and O–H groups in total. The summed E-state index contributed by atoms with van der Waals surface area (Å²) >= 11 is 0. The zero-order valence-electron chi connectivity index (χ0n) is 21.6. The molecule has 40 heavy (non-hydrogen) atoms. The van der Waals surface area contributed by atoms with Gasteiger partial charge in [0, 0.05) is 39.6 Å². The summed E-state index contributed by atoms with van der Waals surface area (Å²) in [6, 6.07) is 20.1. The second-order valence-corrected chi connectivity index (χ2v) is 9.22. The van der Waals surface area contributed by atoms with E-state index in [4.69, 9.17) is 0 Å². The molecule has 0 saturated heterocycles. The number of hydrogen-bond donors (Lipinski definition) is 6. The molecule has 0 saturated carbocycles. The molecule has 1 aromatic heterocycles. The van der Waals surface area contributed by atoms with Crippen LogP contribution in [0.3, 0.4) is 0 Å². The minimum Gasteiger partial charge on any atom is -0.478 e. The van der Waals surface area contributed by atoms with Crippen molar-refractivity contribution in [3.8, 4) is 0 Å². The van der Waals surface area contributed by atoms with Gasteiger partial charge in [0.2, 0.25) is 0 Å². The summed E-state index contributed by atoms with van der Waals surface area (Å²) in [5, 5.41) is 20.5. The van der Waals surface area contributed by atoms with Gasteiger partial charge < -0.3 is 31.4 Å². The van der Waals surface area contributed by atoms with Crippen LogP contribution in [0.4, 0.5) is 27.5 Å². The molecule has 0 fully saturated rings. The molecule has 0 radical (unpaired) electrons. The molecule has 0 unspecified atom stereocenters. The Hall–Kier alpha value is -5.64. The first-order valence-electron chi connectivity index (χ1n) is 12.3. The van der Waals surface area contributed by atoms with Crippen LogP contribution in [0.25, 0.3) is 11.6 Å². The minimum absolute atomic E-state index is 0.181. The predicted octanol–water partition coefficient (Wildman–Crippen LogP) is 5.72. The molecule has 4 aromatic rings. The van der Waals surface area contributed by atoms with Crippen LogP contribution in [0.2, 0.25) is 0 Å². The highest BCUT2D eigenvalue weighted by Crippen LogP contribution is 2.36. The number of aromatic amines is 1. The third kappa shape index (κ3) is 5.32. The summed E-state index contributed by atoms with van der Waals surface area (Å²) in [6.45, 7) is 3.35. The average Bonchev–Trinajstić information content (AvgIpc) is 3.38. The maximum Gasteiger partial charge on any atom is 0.337 e. The number of nitrogens with one attached hydrogen (secondary N) is 5. The van der Waals surface area contributed by atoms with Gasteiger partial charge in [0.15, 0.2) is 0 Å². The van der Waals surface area contributed by atoms with E-state index in [1.165, 1.54) is 0 Å². The number of carboxylic acids is 1. The van der Waals surface area contributed by atoms with Crippen LogP contribution in [0, 0.1) is 13.8 Å². The van der Waals surface area contributed by atoms with E-state index >= 15 is 0 Å². The van der Waals surface area contributed by atoms with Gasteiger partial charge in [-0.3, -0.25) is 9.59 Å². The van der Waals surface area contributed by atoms with Crippen molar-refractivity contribution in [3.05, 3.63) is 106 Å². The second-order valence-electron chi connectivity index (χ2n) is 9.22. The Labute approximate surface area is 229 Å². The van der Waals surface area contributed by atoms with Crippen molar-refractivity contribution in [2.45, 2.75) is 13.8 Å². The smallest absolute Gasteiger partial charge is 0.337 e. The molecular formula is C30H25N5O5. The standard InChI is InChI=1S/C30H25N5O5/c1-16-24(31-17(2)26(16)29(38)39)15-23-22-12-11-21(14-25(22)35-28(23)37)34-30(40)33-20-10-6-9-19(13-20)32-27(36)18-7-4-3-5-8-18/h3-15,31H,1-2H3,(H,32,36)(H,35,37)(H,38,39)(H2,33,34,40)/b23-15-. The summed E-state index contributed by atoms with van der Waals surface area (Å²) in [5.74, 6) is -1.64. The van der Waals surface area contributed by atoms with Crippen LogP contribution in [-0.4, -0.2) is 33.9 Å². The van der Waals surface area contributed by atoms with Crippen molar-refractivity contribution in [1.82, 2.24) is 4.98 Å². The molecule has 0 bridgehead atoms. The monoisotopic (exact) mass is 535 g/mol. The van der Waals surface area contributed by atoms with Gasteiger partial charge in [-0.25, -0.2) is 9.59 Å². The van der Waals surface area contributed by atoms with Crippen LogP contribution < -0.4 is 21.3 Å². The Morgan fingerprint density at radius 2 is 1.50 bits per heavy atom. The van der Waals surface area contributed by atoms with Gasteiger partial charge in [0.25, 0.3) is 11.8 Å². The normalized spacial score (nSPS) is 12.9. The summed E-state index contributed by atoms with van der Waals surface area (Å²) < 4.78 is 0. The van der Waals surface area contributed by atoms with E-state index < -0.39 is 12.0 Å². The lowest BCUT2D eigenvalue weighted by Crippen LogP contribution is -2.19. The SMILES string of the molecule is Cc1[nH]c(/C=C2\C(=O)Nc3cc(NC(=O)Nc4cccc(NC(=O)c5ccccc5)c4)ccc32)c(C)c1C(=O)O. The third-order valence-corrected chi connectivity index (χ3v) is 6.45. The molecule has 1 aliphatic heterocycles. The summed E-state index contributed by atoms with van der Waals surface area (Å²) in [5.41, 5.74) is 5.24. The summed E-state index contributed by atoms with van der Waals surface area (Å²) in [4.78, 5) is 52.4. The maximum atomic E-state index is 12.7. The van der Waals surface area contributed by atoms with Gasteiger partial charge in [-0.2, -0.15) is 0 Å². The van der Waals surface area contributed by atoms with E-state index in [1.807, 2.05) is 6.07 Å². The fourth-order valence-electron chi connectivity index (χ4n) is 4.56. The van der Waals surface area contributed by atoms with Crippen molar-refractivity contribution < 1.29 is 24.3 Å². The van der Waals surface area contributed by atoms with Gasteiger partial charge in [0.05, 0.1) is 16.8 Å². The largest absolute Gasteiger partial charge is 0.478 e. The fraction of sp³-hybridized carbons (Fsp3) is 0.0667. The highest BCUT2D eigenvalue weighted by atomic mass is 16.4. The zero-order valence-corrected chi connectivity index (χ0v) is 21.6. The molecule has 2 heterocycles. The second kappa shape index (κ2) is 10.6. The minimum atomic E-state index is -1.04. The number of hydrogen-bond acceptors (Lipinski definition) is 4. The Morgan fingerprint density at radius 1 is 0.825 bits per heavy atom. The Kier molecular flexibility index (Phi) is 6.90. The summed E-state index contributed by atoms with van der Waals surface area (Å²) in [6.07, 6.45) is 1.62. The Balaban J connectivity index is 1.27. The van der Waals surface area contributed by atoms with E-state index in [2.05, 4.69) is 26.3 Å².